The van der Waals surface area contributed by atoms with Crippen molar-refractivity contribution in [2.75, 3.05) is 0 Å². The molecule has 0 aromatic heterocycles. The Kier molecular flexibility index (Phi) is 3.06. The molecular weight excluding hydrogens is 165 g/mol. The number of rotatable bonds is 3. The number of hydrogen-bond donors (Lipinski definition) is 0. The molecule has 0 bridgehead atoms. The van der Waals surface area contributed by atoms with Crippen molar-refractivity contribution < 1.29 is 4.92 Å². The molecule has 0 fully saturated rings. The molecule has 4 heteroatoms. The first kappa shape index (κ1) is 9.77. The smallest absolute Gasteiger partial charge is 0.258 e. The van der Waals surface area contributed by atoms with Crippen LogP contribution in [0.5, 0.6) is 0 Å². The maximum atomic E-state index is 10.6. The first-order valence-corrected chi connectivity index (χ1v) is 4.15. The SMILES string of the molecule is [B]C(CC)c1ccccc1[N+](=O)[O-]. The molecule has 1 unspecified atom stereocenters. The molecular formula is C9H10BNO2. The maximum Gasteiger partial charge on any atom is 0.272 e. The van der Waals surface area contributed by atoms with Crippen molar-refractivity contribution in [3.63, 3.8) is 0 Å². The van der Waals surface area contributed by atoms with Gasteiger partial charge in [0.05, 0.1) is 12.8 Å². The van der Waals surface area contributed by atoms with Gasteiger partial charge in [-0.05, 0) is 5.82 Å². The largest absolute Gasteiger partial charge is 0.272 e. The Hall–Kier alpha value is -1.32. The fraction of sp³-hybridized carbons (Fsp3) is 0.333. The molecule has 3 nitrogen and oxygen atoms in total. The predicted molar refractivity (Wildman–Crippen MR) is 51.9 cm³/mol. The Balaban J connectivity index is 3.11. The number of hydrogen-bond acceptors (Lipinski definition) is 2. The summed E-state index contributed by atoms with van der Waals surface area (Å²) in [7, 11) is 5.73. The summed E-state index contributed by atoms with van der Waals surface area (Å²) in [5.74, 6) is -0.249. The van der Waals surface area contributed by atoms with Crippen molar-refractivity contribution in [3.8, 4) is 0 Å². The van der Waals surface area contributed by atoms with E-state index in [1.54, 1.807) is 18.2 Å². The van der Waals surface area contributed by atoms with Crippen molar-refractivity contribution in [1.82, 2.24) is 0 Å². The second kappa shape index (κ2) is 4.07. The molecule has 1 aromatic carbocycles. The number of para-hydroxylation sites is 1. The van der Waals surface area contributed by atoms with Crippen LogP contribution in [0.15, 0.2) is 24.3 Å². The Morgan fingerprint density at radius 2 is 2.15 bits per heavy atom. The topological polar surface area (TPSA) is 43.1 Å². The lowest BCUT2D eigenvalue weighted by atomic mass is 9.78. The van der Waals surface area contributed by atoms with E-state index in [0.29, 0.717) is 12.0 Å². The number of nitro benzene ring substituents is 1. The Morgan fingerprint density at radius 3 is 2.69 bits per heavy atom. The van der Waals surface area contributed by atoms with Gasteiger partial charge in [-0.15, -0.1) is 0 Å². The molecule has 0 saturated carbocycles. The van der Waals surface area contributed by atoms with E-state index in [1.165, 1.54) is 6.07 Å². The normalized spacial score (nSPS) is 12.4. The van der Waals surface area contributed by atoms with E-state index in [9.17, 15) is 10.1 Å². The van der Waals surface area contributed by atoms with Gasteiger partial charge in [-0.2, -0.15) is 0 Å². The van der Waals surface area contributed by atoms with Crippen LogP contribution in [0.4, 0.5) is 5.69 Å². The van der Waals surface area contributed by atoms with E-state index in [0.717, 1.165) is 0 Å². The van der Waals surface area contributed by atoms with Crippen molar-refractivity contribution in [3.05, 3.63) is 39.9 Å². The zero-order valence-corrected chi connectivity index (χ0v) is 7.43. The highest BCUT2D eigenvalue weighted by Crippen LogP contribution is 2.25. The molecule has 0 saturated heterocycles. The van der Waals surface area contributed by atoms with Crippen LogP contribution in [-0.2, 0) is 0 Å². The van der Waals surface area contributed by atoms with E-state index in [4.69, 9.17) is 7.85 Å². The summed E-state index contributed by atoms with van der Waals surface area (Å²) < 4.78 is 0. The maximum absolute atomic E-state index is 10.6. The van der Waals surface area contributed by atoms with E-state index < -0.39 is 4.92 Å². The van der Waals surface area contributed by atoms with Gasteiger partial charge in [0.25, 0.3) is 5.69 Å². The minimum Gasteiger partial charge on any atom is -0.258 e. The van der Waals surface area contributed by atoms with Gasteiger partial charge in [0.2, 0.25) is 0 Å². The molecule has 0 aliphatic rings. The molecule has 0 spiro atoms. The summed E-state index contributed by atoms with van der Waals surface area (Å²) in [4.78, 5) is 10.2. The van der Waals surface area contributed by atoms with Gasteiger partial charge in [0.1, 0.15) is 0 Å². The van der Waals surface area contributed by atoms with E-state index in [1.807, 2.05) is 6.92 Å². The molecule has 0 amide bonds. The molecule has 0 heterocycles. The molecule has 1 atom stereocenters. The molecule has 0 N–H and O–H groups in total. The lowest BCUT2D eigenvalue weighted by Crippen LogP contribution is -2.01. The first-order chi connectivity index (χ1) is 6.16. The summed E-state index contributed by atoms with van der Waals surface area (Å²) in [5, 5.41) is 10.6. The van der Waals surface area contributed by atoms with Crippen LogP contribution in [0.1, 0.15) is 24.7 Å². The number of benzene rings is 1. The van der Waals surface area contributed by atoms with Crippen LogP contribution in [0.2, 0.25) is 0 Å². The van der Waals surface area contributed by atoms with Gasteiger partial charge in [-0.3, -0.25) is 10.1 Å². The van der Waals surface area contributed by atoms with Crippen LogP contribution in [-0.4, -0.2) is 12.8 Å². The monoisotopic (exact) mass is 175 g/mol. The zero-order valence-electron chi connectivity index (χ0n) is 7.43. The highest BCUT2D eigenvalue weighted by Gasteiger charge is 2.15. The molecule has 0 aliphatic carbocycles. The van der Waals surface area contributed by atoms with Gasteiger partial charge >= 0.3 is 0 Å². The standard InChI is InChI=1S/C9H10BNO2/c1-2-8(10)7-5-3-4-6-9(7)11(12)13/h3-6,8H,2H2,1H3. The highest BCUT2D eigenvalue weighted by molar-refractivity contribution is 6.12. The van der Waals surface area contributed by atoms with Crippen molar-refractivity contribution in [2.24, 2.45) is 0 Å². The van der Waals surface area contributed by atoms with Crippen LogP contribution in [0, 0.1) is 10.1 Å². The Bertz CT molecular complexity index is 314. The lowest BCUT2D eigenvalue weighted by Gasteiger charge is -2.08. The summed E-state index contributed by atoms with van der Waals surface area (Å²) in [6, 6.07) is 6.58. The summed E-state index contributed by atoms with van der Waals surface area (Å²) in [5.41, 5.74) is 0.715. The van der Waals surface area contributed by atoms with Crippen LogP contribution >= 0.6 is 0 Å². The van der Waals surface area contributed by atoms with Gasteiger partial charge in [0, 0.05) is 11.6 Å². The van der Waals surface area contributed by atoms with Gasteiger partial charge in [-0.25, -0.2) is 0 Å². The third-order valence-corrected chi connectivity index (χ3v) is 1.97. The fourth-order valence-corrected chi connectivity index (χ4v) is 1.19. The second-order valence-corrected chi connectivity index (χ2v) is 2.83. The molecule has 13 heavy (non-hydrogen) atoms. The molecule has 0 aliphatic heterocycles. The minimum absolute atomic E-state index is 0.108. The first-order valence-electron chi connectivity index (χ1n) is 4.15. The summed E-state index contributed by atoms with van der Waals surface area (Å²) >= 11 is 0. The third-order valence-electron chi connectivity index (χ3n) is 1.97. The van der Waals surface area contributed by atoms with Crippen molar-refractivity contribution >= 4 is 13.5 Å². The van der Waals surface area contributed by atoms with Crippen LogP contribution in [0.25, 0.3) is 0 Å². The quantitative estimate of drug-likeness (QED) is 0.401. The van der Waals surface area contributed by atoms with Crippen molar-refractivity contribution in [2.45, 2.75) is 19.2 Å². The average Bonchev–Trinajstić information content (AvgIpc) is 2.16. The summed E-state index contributed by atoms with van der Waals surface area (Å²) in [6.45, 7) is 1.90. The Morgan fingerprint density at radius 1 is 1.54 bits per heavy atom. The van der Waals surface area contributed by atoms with E-state index in [-0.39, 0.29) is 11.5 Å². The van der Waals surface area contributed by atoms with Crippen LogP contribution < -0.4 is 0 Å². The number of nitro groups is 1. The lowest BCUT2D eigenvalue weighted by molar-refractivity contribution is -0.385. The second-order valence-electron chi connectivity index (χ2n) is 2.83. The third kappa shape index (κ3) is 2.08. The van der Waals surface area contributed by atoms with Gasteiger partial charge < -0.3 is 0 Å². The molecule has 2 radical (unpaired) electrons. The summed E-state index contributed by atoms with van der Waals surface area (Å²) in [6.07, 6.45) is 0.699. The fourth-order valence-electron chi connectivity index (χ4n) is 1.19. The van der Waals surface area contributed by atoms with Gasteiger partial charge in [0.15, 0.2) is 0 Å². The minimum atomic E-state index is -0.398. The van der Waals surface area contributed by atoms with Crippen LogP contribution in [0.3, 0.4) is 0 Å². The predicted octanol–water partition coefficient (Wildman–Crippen LogP) is 2.21. The zero-order chi connectivity index (χ0) is 9.84. The Labute approximate surface area is 78.3 Å². The van der Waals surface area contributed by atoms with Crippen molar-refractivity contribution in [1.29, 1.82) is 0 Å². The van der Waals surface area contributed by atoms with E-state index >= 15 is 0 Å². The van der Waals surface area contributed by atoms with Gasteiger partial charge in [-0.1, -0.05) is 31.5 Å². The molecule has 1 aromatic rings. The average molecular weight is 175 g/mol. The number of nitrogens with zero attached hydrogens (tertiary/aromatic N) is 1. The molecule has 1 rings (SSSR count). The highest BCUT2D eigenvalue weighted by atomic mass is 16.6. The van der Waals surface area contributed by atoms with E-state index in [2.05, 4.69) is 0 Å². The molecule has 66 valence electrons.